The van der Waals surface area contributed by atoms with Crippen molar-refractivity contribution in [2.24, 2.45) is 0 Å². The minimum atomic E-state index is -4.33. The molecule has 0 unspecified atom stereocenters. The average molecular weight is 353 g/mol. The zero-order valence-corrected chi connectivity index (χ0v) is 13.9. The largest absolute Gasteiger partial charge is 0.416 e. The van der Waals surface area contributed by atoms with Gasteiger partial charge >= 0.3 is 6.18 Å². The fourth-order valence-electron chi connectivity index (χ4n) is 3.41. The Kier molecular flexibility index (Phi) is 4.08. The van der Waals surface area contributed by atoms with E-state index in [1.54, 1.807) is 12.3 Å². The molecule has 1 aromatic heterocycles. The lowest BCUT2D eigenvalue weighted by molar-refractivity contribution is -0.137. The van der Waals surface area contributed by atoms with Gasteiger partial charge in [-0.2, -0.15) is 24.9 Å². The molecule has 1 aromatic carbocycles. The number of nitrogens with zero attached hydrogens (tertiary/aromatic N) is 3. The molecule has 24 heavy (non-hydrogen) atoms. The van der Waals surface area contributed by atoms with Gasteiger partial charge in [0.15, 0.2) is 0 Å². The van der Waals surface area contributed by atoms with Gasteiger partial charge in [0.2, 0.25) is 0 Å². The smallest absolute Gasteiger partial charge is 0.368 e. The third kappa shape index (κ3) is 2.95. The minimum absolute atomic E-state index is 0.403. The fraction of sp³-hybridized carbons (Fsp3) is 0.471. The molecular weight excluding hydrogens is 335 g/mol. The van der Waals surface area contributed by atoms with Crippen molar-refractivity contribution in [2.75, 3.05) is 42.6 Å². The van der Waals surface area contributed by atoms with Crippen molar-refractivity contribution >= 4 is 28.4 Å². The van der Waals surface area contributed by atoms with Gasteiger partial charge in [0, 0.05) is 61.0 Å². The second-order valence-electron chi connectivity index (χ2n) is 6.27. The van der Waals surface area contributed by atoms with Gasteiger partial charge in [0.25, 0.3) is 0 Å². The van der Waals surface area contributed by atoms with Crippen LogP contribution in [0.4, 0.5) is 18.9 Å². The first-order chi connectivity index (χ1) is 11.5. The lowest BCUT2D eigenvalue weighted by Gasteiger charge is -2.48. The predicted octanol–water partition coefficient (Wildman–Crippen LogP) is 3.49. The second-order valence-corrected chi connectivity index (χ2v) is 7.49. The molecule has 3 nitrogen and oxygen atoms in total. The molecule has 0 saturated carbocycles. The number of anilines is 1. The Balaban J connectivity index is 1.55. The zero-order chi connectivity index (χ0) is 16.7. The van der Waals surface area contributed by atoms with Gasteiger partial charge in [-0.25, -0.2) is 0 Å². The maximum atomic E-state index is 12.9. The molecule has 4 rings (SSSR count). The molecule has 7 heteroatoms. The topological polar surface area (TPSA) is 19.4 Å². The summed E-state index contributed by atoms with van der Waals surface area (Å²) in [5.74, 6) is 2.38. The van der Waals surface area contributed by atoms with Crippen LogP contribution in [-0.4, -0.2) is 53.6 Å². The Bertz CT molecular complexity index is 737. The molecule has 2 aliphatic heterocycles. The highest BCUT2D eigenvalue weighted by atomic mass is 32.2. The lowest BCUT2D eigenvalue weighted by atomic mass is 10.0. The summed E-state index contributed by atoms with van der Waals surface area (Å²) < 4.78 is 38.6. The van der Waals surface area contributed by atoms with Crippen LogP contribution < -0.4 is 4.90 Å². The van der Waals surface area contributed by atoms with Gasteiger partial charge in [0.1, 0.15) is 0 Å². The van der Waals surface area contributed by atoms with Crippen molar-refractivity contribution in [3.63, 3.8) is 0 Å². The molecule has 2 fully saturated rings. The summed E-state index contributed by atoms with van der Waals surface area (Å²) in [6.45, 7) is 4.14. The van der Waals surface area contributed by atoms with E-state index in [0.717, 1.165) is 49.4 Å². The summed E-state index contributed by atoms with van der Waals surface area (Å²) in [7, 11) is 0. The average Bonchev–Trinajstić information content (AvgIpc) is 2.53. The highest BCUT2D eigenvalue weighted by molar-refractivity contribution is 7.99. The van der Waals surface area contributed by atoms with E-state index in [9.17, 15) is 13.2 Å². The molecule has 2 aromatic rings. The normalized spacial score (nSPS) is 20.4. The maximum absolute atomic E-state index is 12.9. The van der Waals surface area contributed by atoms with Gasteiger partial charge < -0.3 is 4.90 Å². The highest BCUT2D eigenvalue weighted by Gasteiger charge is 2.34. The van der Waals surface area contributed by atoms with E-state index >= 15 is 0 Å². The number of pyridine rings is 1. The third-order valence-electron chi connectivity index (χ3n) is 4.81. The predicted molar refractivity (Wildman–Crippen MR) is 91.6 cm³/mol. The molecule has 0 amide bonds. The van der Waals surface area contributed by atoms with Crippen LogP contribution in [0.2, 0.25) is 0 Å². The van der Waals surface area contributed by atoms with Crippen molar-refractivity contribution < 1.29 is 13.2 Å². The molecule has 0 radical (unpaired) electrons. The van der Waals surface area contributed by atoms with E-state index in [4.69, 9.17) is 0 Å². The fourth-order valence-corrected chi connectivity index (χ4v) is 4.34. The molecule has 2 aliphatic rings. The summed E-state index contributed by atoms with van der Waals surface area (Å²) in [5, 5.41) is 0.790. The van der Waals surface area contributed by atoms with E-state index in [1.807, 2.05) is 17.8 Å². The number of thioether (sulfide) groups is 1. The number of fused-ring (bicyclic) bond motifs is 1. The molecule has 128 valence electrons. The van der Waals surface area contributed by atoms with Crippen LogP contribution in [0.3, 0.4) is 0 Å². The van der Waals surface area contributed by atoms with E-state index in [0.29, 0.717) is 11.6 Å². The minimum Gasteiger partial charge on any atom is -0.368 e. The summed E-state index contributed by atoms with van der Waals surface area (Å²) in [6.07, 6.45) is -2.73. The van der Waals surface area contributed by atoms with Crippen LogP contribution in [-0.2, 0) is 6.18 Å². The van der Waals surface area contributed by atoms with Crippen molar-refractivity contribution in [3.8, 4) is 0 Å². The maximum Gasteiger partial charge on any atom is 0.416 e. The molecule has 3 heterocycles. The molecule has 0 bridgehead atoms. The summed E-state index contributed by atoms with van der Waals surface area (Å²) in [6, 6.07) is 6.29. The molecule has 0 atom stereocenters. The van der Waals surface area contributed by atoms with Crippen molar-refractivity contribution in [1.29, 1.82) is 0 Å². The Morgan fingerprint density at radius 2 is 1.83 bits per heavy atom. The number of hydrogen-bond acceptors (Lipinski definition) is 4. The number of benzene rings is 1. The number of aromatic nitrogens is 1. The van der Waals surface area contributed by atoms with Crippen LogP contribution in [0.1, 0.15) is 5.56 Å². The van der Waals surface area contributed by atoms with E-state index < -0.39 is 11.7 Å². The van der Waals surface area contributed by atoms with Crippen LogP contribution in [0.5, 0.6) is 0 Å². The van der Waals surface area contributed by atoms with Crippen molar-refractivity contribution in [1.82, 2.24) is 9.88 Å². The number of halogens is 3. The molecule has 0 spiro atoms. The van der Waals surface area contributed by atoms with E-state index in [2.05, 4.69) is 14.8 Å². The van der Waals surface area contributed by atoms with Gasteiger partial charge in [-0.1, -0.05) is 6.07 Å². The van der Waals surface area contributed by atoms with Gasteiger partial charge in [-0.3, -0.25) is 9.88 Å². The number of rotatable bonds is 2. The molecule has 2 saturated heterocycles. The summed E-state index contributed by atoms with van der Waals surface area (Å²) in [5.41, 5.74) is 0.739. The summed E-state index contributed by atoms with van der Waals surface area (Å²) >= 11 is 2.00. The quantitative estimate of drug-likeness (QED) is 0.823. The monoisotopic (exact) mass is 353 g/mol. The first-order valence-corrected chi connectivity index (χ1v) is 9.20. The number of alkyl halides is 3. The lowest BCUT2D eigenvalue weighted by Crippen LogP contribution is -2.61. The zero-order valence-electron chi connectivity index (χ0n) is 13.1. The Labute approximate surface area is 142 Å². The Morgan fingerprint density at radius 1 is 1.08 bits per heavy atom. The van der Waals surface area contributed by atoms with E-state index in [-0.39, 0.29) is 0 Å². The molecule has 0 N–H and O–H groups in total. The van der Waals surface area contributed by atoms with Crippen molar-refractivity contribution in [2.45, 2.75) is 12.2 Å². The van der Waals surface area contributed by atoms with Gasteiger partial charge in [-0.15, -0.1) is 0 Å². The summed E-state index contributed by atoms with van der Waals surface area (Å²) in [4.78, 5) is 8.89. The first kappa shape index (κ1) is 16.0. The highest BCUT2D eigenvalue weighted by Crippen LogP contribution is 2.35. The third-order valence-corrected chi connectivity index (χ3v) is 5.75. The van der Waals surface area contributed by atoms with Crippen LogP contribution in [0, 0.1) is 0 Å². The van der Waals surface area contributed by atoms with Crippen molar-refractivity contribution in [3.05, 3.63) is 36.0 Å². The van der Waals surface area contributed by atoms with Gasteiger partial charge in [0.05, 0.1) is 11.1 Å². The first-order valence-electron chi connectivity index (χ1n) is 8.05. The number of hydrogen-bond donors (Lipinski definition) is 0. The molecular formula is C17H18F3N3S. The van der Waals surface area contributed by atoms with E-state index in [1.165, 1.54) is 11.5 Å². The Morgan fingerprint density at radius 3 is 2.54 bits per heavy atom. The standard InChI is InChI=1S/C17H18F3N3S/c18-17(19,20)12-1-2-14-15(9-12)21-4-3-16(14)23-10-13(11-23)22-5-7-24-8-6-22/h1-4,9,13H,5-8,10-11H2. The van der Waals surface area contributed by atoms with Crippen LogP contribution in [0.25, 0.3) is 10.9 Å². The van der Waals surface area contributed by atoms with Crippen LogP contribution in [0.15, 0.2) is 30.5 Å². The molecule has 0 aliphatic carbocycles. The SMILES string of the molecule is FC(F)(F)c1ccc2c(N3CC(N4CCSCC4)C3)ccnc2c1. The second kappa shape index (κ2) is 6.11. The van der Waals surface area contributed by atoms with Crippen LogP contribution >= 0.6 is 11.8 Å². The van der Waals surface area contributed by atoms with Gasteiger partial charge in [-0.05, 0) is 18.2 Å². The Hall–Kier alpha value is -1.47.